The van der Waals surface area contributed by atoms with E-state index in [1.165, 1.54) is 4.90 Å². The Morgan fingerprint density at radius 3 is 2.47 bits per heavy atom. The van der Waals surface area contributed by atoms with Crippen LogP contribution in [0.25, 0.3) is 0 Å². The van der Waals surface area contributed by atoms with E-state index in [2.05, 4.69) is 0 Å². The van der Waals surface area contributed by atoms with Crippen LogP contribution in [0, 0.1) is 5.92 Å². The Morgan fingerprint density at radius 1 is 1.32 bits per heavy atom. The maximum Gasteiger partial charge on any atom is 0.305 e. The Morgan fingerprint density at radius 2 is 1.95 bits per heavy atom. The van der Waals surface area contributed by atoms with Gasteiger partial charge in [-0.25, -0.2) is 0 Å². The molecular weight excluding hydrogens is 289 g/mol. The van der Waals surface area contributed by atoms with E-state index in [9.17, 15) is 9.59 Å². The van der Waals surface area contributed by atoms with Crippen LogP contribution in [0.4, 0.5) is 5.69 Å². The second-order valence-corrected chi connectivity index (χ2v) is 5.23. The van der Waals surface area contributed by atoms with Gasteiger partial charge < -0.3 is 10.0 Å². The van der Waals surface area contributed by atoms with Crippen LogP contribution in [0.1, 0.15) is 20.3 Å². The molecule has 6 heteroatoms. The first-order valence-corrected chi connectivity index (χ1v) is 6.56. The van der Waals surface area contributed by atoms with Gasteiger partial charge in [-0.05, 0) is 18.2 Å². The highest BCUT2D eigenvalue weighted by atomic mass is 35.5. The van der Waals surface area contributed by atoms with Crippen LogP contribution >= 0.6 is 23.2 Å². The molecule has 0 bridgehead atoms. The lowest BCUT2D eigenvalue weighted by Crippen LogP contribution is -2.36. The van der Waals surface area contributed by atoms with Gasteiger partial charge in [0.25, 0.3) is 0 Å². The van der Waals surface area contributed by atoms with Crippen LogP contribution in [0.3, 0.4) is 0 Å². The monoisotopic (exact) mass is 303 g/mol. The second kappa shape index (κ2) is 6.78. The number of halogens is 2. The number of anilines is 1. The summed E-state index contributed by atoms with van der Waals surface area (Å²) >= 11 is 12.0. The highest BCUT2D eigenvalue weighted by Crippen LogP contribution is 2.30. The van der Waals surface area contributed by atoms with Crippen molar-refractivity contribution in [3.8, 4) is 0 Å². The summed E-state index contributed by atoms with van der Waals surface area (Å²) in [6, 6.07) is 4.76. The van der Waals surface area contributed by atoms with Crippen molar-refractivity contribution in [1.29, 1.82) is 0 Å². The summed E-state index contributed by atoms with van der Waals surface area (Å²) in [6.07, 6.45) is -0.151. The molecule has 0 aromatic heterocycles. The quantitative estimate of drug-likeness (QED) is 0.906. The Kier molecular flexibility index (Phi) is 5.63. The van der Waals surface area contributed by atoms with Gasteiger partial charge in [-0.1, -0.05) is 37.0 Å². The van der Waals surface area contributed by atoms with Gasteiger partial charge in [-0.3, -0.25) is 9.59 Å². The molecule has 1 rings (SSSR count). The Balaban J connectivity index is 3.10. The highest BCUT2D eigenvalue weighted by molar-refractivity contribution is 6.35. The number of benzene rings is 1. The van der Waals surface area contributed by atoms with Crippen LogP contribution in [0.15, 0.2) is 18.2 Å². The molecule has 4 nitrogen and oxygen atoms in total. The minimum absolute atomic E-state index is 0.0619. The molecular formula is C13H15Cl2NO3. The predicted octanol–water partition coefficient (Wildman–Crippen LogP) is 3.46. The molecule has 1 aromatic carbocycles. The summed E-state index contributed by atoms with van der Waals surface area (Å²) in [5, 5.41) is 9.56. The van der Waals surface area contributed by atoms with Gasteiger partial charge in [0.1, 0.15) is 0 Å². The fourth-order valence-corrected chi connectivity index (χ4v) is 1.95. The highest BCUT2D eigenvalue weighted by Gasteiger charge is 2.21. The van der Waals surface area contributed by atoms with E-state index in [-0.39, 0.29) is 24.8 Å². The van der Waals surface area contributed by atoms with Crippen LogP contribution in [-0.4, -0.2) is 23.5 Å². The molecule has 0 atom stereocenters. The molecule has 0 saturated carbocycles. The molecule has 0 spiro atoms. The number of carboxylic acid groups (broad SMARTS) is 1. The standard InChI is InChI=1S/C13H15Cl2NO3/c1-8(2)13(19)16(6-5-12(17)18)11-7-9(14)3-4-10(11)15/h3-4,7-8H,5-6H2,1-2H3,(H,17,18). The fraction of sp³-hybridized carbons (Fsp3) is 0.385. The number of rotatable bonds is 5. The molecule has 0 aliphatic carbocycles. The zero-order valence-corrected chi connectivity index (χ0v) is 12.2. The number of carbonyl (C=O) groups is 2. The smallest absolute Gasteiger partial charge is 0.305 e. The largest absolute Gasteiger partial charge is 0.481 e. The van der Waals surface area contributed by atoms with Crippen molar-refractivity contribution in [3.05, 3.63) is 28.2 Å². The van der Waals surface area contributed by atoms with Gasteiger partial charge in [0.2, 0.25) is 5.91 Å². The van der Waals surface area contributed by atoms with Gasteiger partial charge in [0.15, 0.2) is 0 Å². The van der Waals surface area contributed by atoms with Gasteiger partial charge in [0, 0.05) is 17.5 Å². The van der Waals surface area contributed by atoms with E-state index in [1.807, 2.05) is 0 Å². The normalized spacial score (nSPS) is 10.6. The summed E-state index contributed by atoms with van der Waals surface area (Å²) in [5.41, 5.74) is 0.439. The molecule has 1 N–H and O–H groups in total. The van der Waals surface area contributed by atoms with Crippen molar-refractivity contribution in [3.63, 3.8) is 0 Å². The predicted molar refractivity (Wildman–Crippen MR) is 75.9 cm³/mol. The van der Waals surface area contributed by atoms with Crippen LogP contribution in [0.2, 0.25) is 10.0 Å². The molecule has 1 amide bonds. The van der Waals surface area contributed by atoms with Crippen LogP contribution in [0.5, 0.6) is 0 Å². The third-order valence-electron chi connectivity index (χ3n) is 2.51. The average molecular weight is 304 g/mol. The summed E-state index contributed by atoms with van der Waals surface area (Å²) in [7, 11) is 0. The minimum atomic E-state index is -0.972. The van der Waals surface area contributed by atoms with E-state index in [4.69, 9.17) is 28.3 Å². The number of amides is 1. The molecule has 0 aliphatic heterocycles. The van der Waals surface area contributed by atoms with E-state index < -0.39 is 5.97 Å². The Labute approximate surface area is 121 Å². The molecule has 0 unspecified atom stereocenters. The van der Waals surface area contributed by atoms with E-state index in [1.54, 1.807) is 32.0 Å². The van der Waals surface area contributed by atoms with E-state index in [0.29, 0.717) is 15.7 Å². The molecule has 0 saturated heterocycles. The van der Waals surface area contributed by atoms with Crippen molar-refractivity contribution in [2.75, 3.05) is 11.4 Å². The topological polar surface area (TPSA) is 57.6 Å². The zero-order valence-electron chi connectivity index (χ0n) is 10.7. The third kappa shape index (κ3) is 4.40. The van der Waals surface area contributed by atoms with Crippen molar-refractivity contribution in [2.45, 2.75) is 20.3 Å². The van der Waals surface area contributed by atoms with Crippen molar-refractivity contribution in [2.24, 2.45) is 5.92 Å². The minimum Gasteiger partial charge on any atom is -0.481 e. The summed E-state index contributed by atoms with van der Waals surface area (Å²) in [6.45, 7) is 3.55. The molecule has 19 heavy (non-hydrogen) atoms. The number of hydrogen-bond donors (Lipinski definition) is 1. The zero-order chi connectivity index (χ0) is 14.6. The van der Waals surface area contributed by atoms with Crippen molar-refractivity contribution < 1.29 is 14.7 Å². The summed E-state index contributed by atoms with van der Waals surface area (Å²) in [4.78, 5) is 24.2. The van der Waals surface area contributed by atoms with Gasteiger partial charge >= 0.3 is 5.97 Å². The second-order valence-electron chi connectivity index (χ2n) is 4.38. The van der Waals surface area contributed by atoms with E-state index >= 15 is 0 Å². The lowest BCUT2D eigenvalue weighted by molar-refractivity contribution is -0.136. The first-order chi connectivity index (χ1) is 8.82. The first-order valence-electron chi connectivity index (χ1n) is 5.81. The lowest BCUT2D eigenvalue weighted by Gasteiger charge is -2.25. The maximum atomic E-state index is 12.2. The van der Waals surface area contributed by atoms with Crippen LogP contribution < -0.4 is 4.90 Å². The average Bonchev–Trinajstić information content (AvgIpc) is 2.32. The fourth-order valence-electron chi connectivity index (χ4n) is 1.56. The van der Waals surface area contributed by atoms with Gasteiger partial charge in [-0.15, -0.1) is 0 Å². The maximum absolute atomic E-state index is 12.2. The van der Waals surface area contributed by atoms with E-state index in [0.717, 1.165) is 0 Å². The van der Waals surface area contributed by atoms with Gasteiger partial charge in [0.05, 0.1) is 17.1 Å². The molecule has 0 aliphatic rings. The van der Waals surface area contributed by atoms with Crippen molar-refractivity contribution >= 4 is 40.8 Å². The molecule has 104 valence electrons. The summed E-state index contributed by atoms with van der Waals surface area (Å²) in [5.74, 6) is -1.42. The number of hydrogen-bond acceptors (Lipinski definition) is 2. The lowest BCUT2D eigenvalue weighted by atomic mass is 10.1. The Hall–Kier alpha value is -1.26. The number of carbonyl (C=O) groups excluding carboxylic acids is 1. The number of carboxylic acids is 1. The van der Waals surface area contributed by atoms with Crippen LogP contribution in [-0.2, 0) is 9.59 Å². The van der Waals surface area contributed by atoms with Crippen molar-refractivity contribution in [1.82, 2.24) is 0 Å². The summed E-state index contributed by atoms with van der Waals surface area (Å²) < 4.78 is 0. The third-order valence-corrected chi connectivity index (χ3v) is 3.06. The SMILES string of the molecule is CC(C)C(=O)N(CCC(=O)O)c1cc(Cl)ccc1Cl. The first kappa shape index (κ1) is 15.8. The van der Waals surface area contributed by atoms with Gasteiger partial charge in [-0.2, -0.15) is 0 Å². The molecule has 0 heterocycles. The molecule has 0 fully saturated rings. The molecule has 0 radical (unpaired) electrons. The number of aliphatic carboxylic acids is 1. The number of nitrogens with zero attached hydrogens (tertiary/aromatic N) is 1. The molecule has 1 aromatic rings. The Bertz CT molecular complexity index is 489.